The number of nitrogens with two attached hydrogens (primary N) is 2. The maximum absolute atomic E-state index is 12.2. The summed E-state index contributed by atoms with van der Waals surface area (Å²) >= 11 is 0. The van der Waals surface area contributed by atoms with Gasteiger partial charge in [-0.05, 0) is 48.4 Å². The number of aromatic nitrogens is 2. The molecule has 0 spiro atoms. The second-order valence-electron chi connectivity index (χ2n) is 6.26. The Morgan fingerprint density at radius 3 is 2.50 bits per heavy atom. The van der Waals surface area contributed by atoms with Gasteiger partial charge in [-0.15, -0.1) is 0 Å². The van der Waals surface area contributed by atoms with Crippen LogP contribution in [0.1, 0.15) is 23.2 Å². The standard InChI is InChI=1S/C22H22N4O2/c23-21(20-5-3-13-26-22(20)24)14-18(27)9-6-16-7-10-19(11-8-16)28-15-17-4-1-2-12-25-17/h1-5,7-8,10-14H,6,9,15,23H2,(H2,24,26). The molecule has 0 aliphatic heterocycles. The average Bonchev–Trinajstić information content (AvgIpc) is 2.72. The number of anilines is 1. The summed E-state index contributed by atoms with van der Waals surface area (Å²) < 4.78 is 5.71. The minimum absolute atomic E-state index is 0.0590. The maximum Gasteiger partial charge on any atom is 0.158 e. The molecule has 6 nitrogen and oxygen atoms in total. The number of hydrogen-bond acceptors (Lipinski definition) is 6. The Bertz CT molecular complexity index is 954. The molecular formula is C22H22N4O2. The van der Waals surface area contributed by atoms with Crippen molar-refractivity contribution >= 4 is 17.3 Å². The number of pyridine rings is 2. The molecule has 0 amide bonds. The topological polar surface area (TPSA) is 104 Å². The van der Waals surface area contributed by atoms with Crippen molar-refractivity contribution in [3.8, 4) is 5.75 Å². The lowest BCUT2D eigenvalue weighted by molar-refractivity contribution is -0.114. The first-order valence-corrected chi connectivity index (χ1v) is 8.94. The number of benzene rings is 1. The summed E-state index contributed by atoms with van der Waals surface area (Å²) in [6.45, 7) is 0.417. The van der Waals surface area contributed by atoms with E-state index in [1.54, 1.807) is 24.5 Å². The third kappa shape index (κ3) is 5.41. The molecule has 3 rings (SSSR count). The zero-order chi connectivity index (χ0) is 19.8. The number of hydrogen-bond donors (Lipinski definition) is 2. The van der Waals surface area contributed by atoms with Crippen LogP contribution in [0.3, 0.4) is 0 Å². The molecule has 0 fully saturated rings. The molecule has 142 valence electrons. The average molecular weight is 374 g/mol. The molecule has 0 unspecified atom stereocenters. The van der Waals surface area contributed by atoms with Gasteiger partial charge < -0.3 is 16.2 Å². The highest BCUT2D eigenvalue weighted by Crippen LogP contribution is 2.17. The van der Waals surface area contributed by atoms with Crippen LogP contribution in [0.15, 0.2) is 73.1 Å². The summed E-state index contributed by atoms with van der Waals surface area (Å²) in [5, 5.41) is 0. The van der Waals surface area contributed by atoms with Gasteiger partial charge in [0.25, 0.3) is 0 Å². The predicted molar refractivity (Wildman–Crippen MR) is 109 cm³/mol. The Morgan fingerprint density at radius 1 is 1.00 bits per heavy atom. The molecule has 3 aromatic rings. The molecular weight excluding hydrogens is 352 g/mol. The van der Waals surface area contributed by atoms with E-state index in [2.05, 4.69) is 9.97 Å². The minimum atomic E-state index is -0.0590. The number of rotatable bonds is 8. The van der Waals surface area contributed by atoms with Crippen LogP contribution in [0.5, 0.6) is 5.75 Å². The fourth-order valence-corrected chi connectivity index (χ4v) is 2.65. The minimum Gasteiger partial charge on any atom is -0.487 e. The number of nitrogens with zero attached hydrogens (tertiary/aromatic N) is 2. The molecule has 2 heterocycles. The SMILES string of the molecule is NC(=CC(=O)CCc1ccc(OCc2ccccn2)cc1)c1cccnc1N. The lowest BCUT2D eigenvalue weighted by Gasteiger charge is -2.07. The first kappa shape index (κ1) is 19.1. The molecule has 2 aromatic heterocycles. The van der Waals surface area contributed by atoms with Gasteiger partial charge in [-0.25, -0.2) is 4.98 Å². The van der Waals surface area contributed by atoms with Gasteiger partial charge in [0.2, 0.25) is 0 Å². The summed E-state index contributed by atoms with van der Waals surface area (Å²) in [6.07, 6.45) is 5.71. The predicted octanol–water partition coefficient (Wildman–Crippen LogP) is 3.14. The highest BCUT2D eigenvalue weighted by Gasteiger charge is 2.06. The normalized spacial score (nSPS) is 11.2. The highest BCUT2D eigenvalue weighted by molar-refractivity contribution is 5.97. The van der Waals surface area contributed by atoms with Crippen LogP contribution >= 0.6 is 0 Å². The van der Waals surface area contributed by atoms with Crippen molar-refractivity contribution in [2.75, 3.05) is 5.73 Å². The number of carbonyl (C=O) groups excluding carboxylic acids is 1. The molecule has 0 atom stereocenters. The highest BCUT2D eigenvalue weighted by atomic mass is 16.5. The van der Waals surface area contributed by atoms with Crippen molar-refractivity contribution in [1.82, 2.24) is 9.97 Å². The number of ketones is 1. The van der Waals surface area contributed by atoms with E-state index < -0.39 is 0 Å². The second kappa shape index (κ2) is 9.32. The van der Waals surface area contributed by atoms with Crippen molar-refractivity contribution < 1.29 is 9.53 Å². The number of ether oxygens (including phenoxy) is 1. The smallest absolute Gasteiger partial charge is 0.158 e. The summed E-state index contributed by atoms with van der Waals surface area (Å²) in [7, 11) is 0. The Morgan fingerprint density at radius 2 is 1.79 bits per heavy atom. The van der Waals surface area contributed by atoms with Crippen LogP contribution in [0.2, 0.25) is 0 Å². The van der Waals surface area contributed by atoms with E-state index in [-0.39, 0.29) is 5.78 Å². The fraction of sp³-hybridized carbons (Fsp3) is 0.136. The Balaban J connectivity index is 1.51. The van der Waals surface area contributed by atoms with Gasteiger partial charge in [-0.3, -0.25) is 9.78 Å². The van der Waals surface area contributed by atoms with Gasteiger partial charge in [0.15, 0.2) is 5.78 Å². The maximum atomic E-state index is 12.2. The molecule has 0 saturated heterocycles. The van der Waals surface area contributed by atoms with E-state index in [4.69, 9.17) is 16.2 Å². The lowest BCUT2D eigenvalue weighted by atomic mass is 10.1. The number of allylic oxidation sites excluding steroid dienone is 1. The zero-order valence-electron chi connectivity index (χ0n) is 15.4. The quantitative estimate of drug-likeness (QED) is 0.587. The summed E-state index contributed by atoms with van der Waals surface area (Å²) in [5.41, 5.74) is 14.6. The third-order valence-electron chi connectivity index (χ3n) is 4.16. The molecule has 0 bridgehead atoms. The zero-order valence-corrected chi connectivity index (χ0v) is 15.4. The van der Waals surface area contributed by atoms with Crippen molar-refractivity contribution in [3.05, 3.63) is 89.9 Å². The van der Waals surface area contributed by atoms with E-state index in [9.17, 15) is 4.79 Å². The van der Waals surface area contributed by atoms with Gasteiger partial charge in [0.05, 0.1) is 5.69 Å². The molecule has 6 heteroatoms. The molecule has 0 saturated carbocycles. The van der Waals surface area contributed by atoms with E-state index in [1.165, 1.54) is 6.08 Å². The van der Waals surface area contributed by atoms with Crippen LogP contribution in [-0.2, 0) is 17.8 Å². The van der Waals surface area contributed by atoms with Crippen LogP contribution < -0.4 is 16.2 Å². The van der Waals surface area contributed by atoms with Crippen LogP contribution in [0.25, 0.3) is 5.70 Å². The van der Waals surface area contributed by atoms with E-state index in [1.807, 2.05) is 42.5 Å². The molecule has 0 radical (unpaired) electrons. The molecule has 28 heavy (non-hydrogen) atoms. The molecule has 0 aliphatic rings. The first-order chi connectivity index (χ1) is 13.6. The lowest BCUT2D eigenvalue weighted by Crippen LogP contribution is -2.06. The van der Waals surface area contributed by atoms with Crippen molar-refractivity contribution in [2.45, 2.75) is 19.4 Å². The first-order valence-electron chi connectivity index (χ1n) is 8.94. The van der Waals surface area contributed by atoms with Gasteiger partial charge in [0.1, 0.15) is 18.2 Å². The number of carbonyl (C=O) groups is 1. The Kier molecular flexibility index (Phi) is 6.36. The summed E-state index contributed by atoms with van der Waals surface area (Å²) in [5.74, 6) is 1.01. The third-order valence-corrected chi connectivity index (χ3v) is 4.16. The van der Waals surface area contributed by atoms with Gasteiger partial charge >= 0.3 is 0 Å². The van der Waals surface area contributed by atoms with E-state index in [0.29, 0.717) is 36.5 Å². The largest absolute Gasteiger partial charge is 0.487 e. The monoisotopic (exact) mass is 374 g/mol. The summed E-state index contributed by atoms with van der Waals surface area (Å²) in [4.78, 5) is 20.4. The van der Waals surface area contributed by atoms with E-state index >= 15 is 0 Å². The van der Waals surface area contributed by atoms with E-state index in [0.717, 1.165) is 17.0 Å². The number of nitrogen functional groups attached to an aromatic ring is 1. The molecule has 0 aliphatic carbocycles. The Hall–Kier alpha value is -3.67. The van der Waals surface area contributed by atoms with Crippen molar-refractivity contribution in [1.29, 1.82) is 0 Å². The number of aryl methyl sites for hydroxylation is 1. The molecule has 4 N–H and O–H groups in total. The molecule has 1 aromatic carbocycles. The summed E-state index contributed by atoms with van der Waals surface area (Å²) in [6, 6.07) is 16.9. The van der Waals surface area contributed by atoms with Crippen molar-refractivity contribution in [3.63, 3.8) is 0 Å². The van der Waals surface area contributed by atoms with Crippen molar-refractivity contribution in [2.24, 2.45) is 5.73 Å². The Labute approximate surface area is 163 Å². The van der Waals surface area contributed by atoms with Crippen LogP contribution in [0, 0.1) is 0 Å². The van der Waals surface area contributed by atoms with Crippen LogP contribution in [0.4, 0.5) is 5.82 Å². The van der Waals surface area contributed by atoms with Gasteiger partial charge in [0, 0.05) is 36.2 Å². The second-order valence-corrected chi connectivity index (χ2v) is 6.26. The van der Waals surface area contributed by atoms with Gasteiger partial charge in [-0.1, -0.05) is 18.2 Å². The van der Waals surface area contributed by atoms with Gasteiger partial charge in [-0.2, -0.15) is 0 Å². The van der Waals surface area contributed by atoms with Crippen LogP contribution in [-0.4, -0.2) is 15.8 Å². The fourth-order valence-electron chi connectivity index (χ4n) is 2.65.